The lowest BCUT2D eigenvalue weighted by Gasteiger charge is -2.45. The summed E-state index contributed by atoms with van der Waals surface area (Å²) in [5.74, 6) is 0.735. The summed E-state index contributed by atoms with van der Waals surface area (Å²) in [5.41, 5.74) is 1.94. The van der Waals surface area contributed by atoms with Gasteiger partial charge in [0.15, 0.2) is 0 Å². The van der Waals surface area contributed by atoms with E-state index in [0.29, 0.717) is 41.5 Å². The summed E-state index contributed by atoms with van der Waals surface area (Å²) >= 11 is 0. The van der Waals surface area contributed by atoms with Crippen molar-refractivity contribution in [2.45, 2.75) is 64.8 Å². The third kappa shape index (κ3) is 4.36. The standard InChI is InChI=1S/C25H34N2O4/c1-16-19-9-11-22(28)17(2)24(19)31-25(30)20(16)10-12-23(29)26(3)15-18-7-6-14-27-13-5-4-8-21(18)27/h9,11,18,21,28H,4-8,10,12-15H2,1-3H3/t18-,21+/m0/s1. The molecule has 0 aliphatic carbocycles. The minimum Gasteiger partial charge on any atom is -0.508 e. The quantitative estimate of drug-likeness (QED) is 0.737. The van der Waals surface area contributed by atoms with Gasteiger partial charge in [-0.25, -0.2) is 4.79 Å². The zero-order chi connectivity index (χ0) is 22.1. The molecule has 0 radical (unpaired) electrons. The van der Waals surface area contributed by atoms with Gasteiger partial charge in [0, 0.05) is 42.6 Å². The van der Waals surface area contributed by atoms with Crippen LogP contribution in [0.2, 0.25) is 0 Å². The molecule has 2 fully saturated rings. The Morgan fingerprint density at radius 1 is 1.16 bits per heavy atom. The van der Waals surface area contributed by atoms with Gasteiger partial charge in [0.05, 0.1) is 0 Å². The van der Waals surface area contributed by atoms with E-state index >= 15 is 0 Å². The van der Waals surface area contributed by atoms with Crippen LogP contribution in [-0.4, -0.2) is 53.5 Å². The molecular formula is C25H34N2O4. The zero-order valence-corrected chi connectivity index (χ0v) is 18.9. The topological polar surface area (TPSA) is 74.0 Å². The summed E-state index contributed by atoms with van der Waals surface area (Å²) < 4.78 is 5.51. The van der Waals surface area contributed by atoms with E-state index in [-0.39, 0.29) is 11.7 Å². The summed E-state index contributed by atoms with van der Waals surface area (Å²) in [7, 11) is 1.89. The molecule has 1 amide bonds. The van der Waals surface area contributed by atoms with E-state index in [1.807, 2.05) is 18.9 Å². The van der Waals surface area contributed by atoms with E-state index < -0.39 is 5.63 Å². The molecule has 4 rings (SSSR count). The first-order chi connectivity index (χ1) is 14.9. The van der Waals surface area contributed by atoms with Crippen molar-refractivity contribution in [2.75, 3.05) is 26.7 Å². The second-order valence-electron chi connectivity index (χ2n) is 9.36. The van der Waals surface area contributed by atoms with Crippen LogP contribution in [0.5, 0.6) is 5.75 Å². The number of aromatic hydroxyl groups is 1. The molecular weight excluding hydrogens is 392 g/mol. The molecule has 168 valence electrons. The molecule has 31 heavy (non-hydrogen) atoms. The number of phenolic OH excluding ortho intramolecular Hbond substituents is 1. The van der Waals surface area contributed by atoms with Crippen LogP contribution < -0.4 is 5.63 Å². The number of nitrogens with zero attached hydrogens (tertiary/aromatic N) is 2. The summed E-state index contributed by atoms with van der Waals surface area (Å²) in [6, 6.07) is 4.01. The van der Waals surface area contributed by atoms with Crippen molar-refractivity contribution >= 4 is 16.9 Å². The summed E-state index contributed by atoms with van der Waals surface area (Å²) in [5, 5.41) is 10.7. The molecule has 6 nitrogen and oxygen atoms in total. The number of rotatable bonds is 5. The fraction of sp³-hybridized carbons (Fsp3) is 0.600. The van der Waals surface area contributed by atoms with E-state index in [2.05, 4.69) is 4.90 Å². The minimum absolute atomic E-state index is 0.0775. The molecule has 0 saturated carbocycles. The maximum absolute atomic E-state index is 12.9. The predicted molar refractivity (Wildman–Crippen MR) is 122 cm³/mol. The highest BCUT2D eigenvalue weighted by atomic mass is 16.4. The van der Waals surface area contributed by atoms with Crippen LogP contribution in [0.15, 0.2) is 21.3 Å². The van der Waals surface area contributed by atoms with E-state index in [0.717, 1.165) is 17.5 Å². The highest BCUT2D eigenvalue weighted by molar-refractivity contribution is 5.85. The van der Waals surface area contributed by atoms with Gasteiger partial charge < -0.3 is 19.3 Å². The Hall–Kier alpha value is -2.34. The molecule has 0 spiro atoms. The molecule has 2 aliphatic heterocycles. The Bertz CT molecular complexity index is 1030. The molecule has 1 N–H and O–H groups in total. The number of amides is 1. The molecule has 2 aliphatic rings. The minimum atomic E-state index is -0.417. The normalized spacial score (nSPS) is 21.8. The number of hydrogen-bond donors (Lipinski definition) is 1. The van der Waals surface area contributed by atoms with Gasteiger partial charge in [-0.2, -0.15) is 0 Å². The molecule has 6 heteroatoms. The first kappa shape index (κ1) is 21.9. The number of carbonyl (C=O) groups is 1. The van der Waals surface area contributed by atoms with Gasteiger partial charge in [-0.1, -0.05) is 6.42 Å². The first-order valence-corrected chi connectivity index (χ1v) is 11.6. The fourth-order valence-electron chi connectivity index (χ4n) is 5.53. The lowest BCUT2D eigenvalue weighted by molar-refractivity contribution is -0.131. The van der Waals surface area contributed by atoms with Gasteiger partial charge in [-0.05, 0) is 82.7 Å². The van der Waals surface area contributed by atoms with Gasteiger partial charge in [-0.3, -0.25) is 4.79 Å². The second-order valence-corrected chi connectivity index (χ2v) is 9.36. The van der Waals surface area contributed by atoms with Crippen molar-refractivity contribution in [1.29, 1.82) is 0 Å². The fourth-order valence-corrected chi connectivity index (χ4v) is 5.53. The molecule has 0 unspecified atom stereocenters. The number of benzene rings is 1. The summed E-state index contributed by atoms with van der Waals surface area (Å²) in [4.78, 5) is 30.0. The van der Waals surface area contributed by atoms with E-state index in [9.17, 15) is 14.7 Å². The molecule has 1 aromatic heterocycles. The van der Waals surface area contributed by atoms with E-state index in [1.165, 1.54) is 45.2 Å². The van der Waals surface area contributed by atoms with Crippen LogP contribution in [-0.2, 0) is 11.2 Å². The van der Waals surface area contributed by atoms with Crippen molar-refractivity contribution in [3.8, 4) is 5.75 Å². The number of aryl methyl sites for hydroxylation is 2. The van der Waals surface area contributed by atoms with E-state index in [4.69, 9.17) is 4.42 Å². The SMILES string of the molecule is Cc1c(CCC(=O)N(C)C[C@@H]2CCCN3CCCC[C@H]23)c(=O)oc2c(C)c(O)ccc12. The lowest BCUT2D eigenvalue weighted by Crippen LogP contribution is -2.51. The Labute approximate surface area is 183 Å². The third-order valence-corrected chi connectivity index (χ3v) is 7.43. The van der Waals surface area contributed by atoms with Crippen LogP contribution in [0.3, 0.4) is 0 Å². The van der Waals surface area contributed by atoms with Gasteiger partial charge in [0.1, 0.15) is 11.3 Å². The third-order valence-electron chi connectivity index (χ3n) is 7.43. The highest BCUT2D eigenvalue weighted by Gasteiger charge is 2.34. The lowest BCUT2D eigenvalue weighted by atomic mass is 9.83. The van der Waals surface area contributed by atoms with Crippen molar-refractivity contribution in [1.82, 2.24) is 9.80 Å². The van der Waals surface area contributed by atoms with Crippen molar-refractivity contribution < 1.29 is 14.3 Å². The zero-order valence-electron chi connectivity index (χ0n) is 18.9. The van der Waals surface area contributed by atoms with Gasteiger partial charge in [0.25, 0.3) is 0 Å². The summed E-state index contributed by atoms with van der Waals surface area (Å²) in [6.07, 6.45) is 6.92. The number of fused-ring (bicyclic) bond motifs is 2. The maximum Gasteiger partial charge on any atom is 0.339 e. The molecule has 3 heterocycles. The highest BCUT2D eigenvalue weighted by Crippen LogP contribution is 2.32. The van der Waals surface area contributed by atoms with Crippen molar-refractivity contribution in [3.05, 3.63) is 39.2 Å². The number of carbonyl (C=O) groups excluding carboxylic acids is 1. The number of phenols is 1. The average molecular weight is 427 g/mol. The van der Waals surface area contributed by atoms with Crippen molar-refractivity contribution in [2.24, 2.45) is 5.92 Å². The van der Waals surface area contributed by atoms with Crippen LogP contribution in [0.1, 0.15) is 55.2 Å². The van der Waals surface area contributed by atoms with Gasteiger partial charge in [-0.15, -0.1) is 0 Å². The predicted octanol–water partition coefficient (Wildman–Crippen LogP) is 3.77. The van der Waals surface area contributed by atoms with Crippen LogP contribution in [0, 0.1) is 19.8 Å². The average Bonchev–Trinajstić information content (AvgIpc) is 2.76. The Morgan fingerprint density at radius 3 is 2.74 bits per heavy atom. The number of hydrogen-bond acceptors (Lipinski definition) is 5. The second kappa shape index (κ2) is 9.03. The monoisotopic (exact) mass is 426 g/mol. The van der Waals surface area contributed by atoms with Crippen molar-refractivity contribution in [3.63, 3.8) is 0 Å². The van der Waals surface area contributed by atoms with Gasteiger partial charge >= 0.3 is 5.63 Å². The van der Waals surface area contributed by atoms with E-state index in [1.54, 1.807) is 19.1 Å². The molecule has 2 saturated heterocycles. The van der Waals surface area contributed by atoms with Gasteiger partial charge in [0.2, 0.25) is 5.91 Å². The maximum atomic E-state index is 12.9. The number of piperidine rings is 2. The molecule has 2 aromatic rings. The largest absolute Gasteiger partial charge is 0.508 e. The first-order valence-electron chi connectivity index (χ1n) is 11.6. The molecule has 0 bridgehead atoms. The summed E-state index contributed by atoms with van der Waals surface area (Å²) in [6.45, 7) is 6.82. The van der Waals surface area contributed by atoms with Crippen LogP contribution >= 0.6 is 0 Å². The molecule has 2 atom stereocenters. The van der Waals surface area contributed by atoms with Crippen LogP contribution in [0.25, 0.3) is 11.0 Å². The van der Waals surface area contributed by atoms with Crippen LogP contribution in [0.4, 0.5) is 0 Å². The Kier molecular flexibility index (Phi) is 6.37. The molecule has 1 aromatic carbocycles. The smallest absolute Gasteiger partial charge is 0.339 e. The Balaban J connectivity index is 1.43. The Morgan fingerprint density at radius 2 is 1.94 bits per heavy atom.